The Hall–Kier alpha value is -3.80. The number of ether oxygens (including phenoxy) is 1. The highest BCUT2D eigenvalue weighted by Crippen LogP contribution is 2.44. The van der Waals surface area contributed by atoms with Crippen LogP contribution in [0.2, 0.25) is 0 Å². The molecular weight excluding hydrogens is 392 g/mol. The molecule has 1 aliphatic rings. The molecule has 0 aromatic heterocycles. The number of nitrogens with one attached hydrogen (secondary N) is 2. The van der Waals surface area contributed by atoms with Crippen molar-refractivity contribution < 1.29 is 19.4 Å². The van der Waals surface area contributed by atoms with Gasteiger partial charge in [0.15, 0.2) is 0 Å². The number of fused-ring (bicyclic) bond motifs is 1. The van der Waals surface area contributed by atoms with E-state index >= 15 is 0 Å². The Bertz CT molecular complexity index is 1170. The summed E-state index contributed by atoms with van der Waals surface area (Å²) >= 11 is 0. The average Bonchev–Trinajstić information content (AvgIpc) is 3.04. The molecule has 3 aromatic carbocycles. The van der Waals surface area contributed by atoms with Gasteiger partial charge in [-0.05, 0) is 62.2 Å². The third-order valence-corrected chi connectivity index (χ3v) is 5.19. The Labute approximate surface area is 180 Å². The smallest absolute Gasteiger partial charge is 0.336 e. The molecule has 0 unspecified atom stereocenters. The Morgan fingerprint density at radius 1 is 1.00 bits per heavy atom. The number of aryl methyl sites for hydroxylation is 1. The SMILES string of the molecule is Cc1ccc(NC(=O)Nc2cc(-c3ccccc3C(=O)O)cc3c2OC(C)(C)C3)cc1. The Morgan fingerprint density at radius 3 is 2.42 bits per heavy atom. The molecule has 3 aromatic rings. The highest BCUT2D eigenvalue weighted by molar-refractivity contribution is 6.02. The highest BCUT2D eigenvalue weighted by atomic mass is 16.5. The summed E-state index contributed by atoms with van der Waals surface area (Å²) in [5.74, 6) is -0.389. The van der Waals surface area contributed by atoms with Crippen LogP contribution in [0, 0.1) is 6.92 Å². The van der Waals surface area contributed by atoms with E-state index in [4.69, 9.17) is 4.74 Å². The molecule has 0 fully saturated rings. The first-order valence-corrected chi connectivity index (χ1v) is 10.1. The molecule has 2 amide bonds. The number of urea groups is 1. The van der Waals surface area contributed by atoms with Crippen LogP contribution in [0.25, 0.3) is 11.1 Å². The Kier molecular flexibility index (Phi) is 5.15. The molecular formula is C25H24N2O4. The molecule has 0 radical (unpaired) electrons. The maximum Gasteiger partial charge on any atom is 0.336 e. The predicted molar refractivity (Wildman–Crippen MR) is 121 cm³/mol. The van der Waals surface area contributed by atoms with E-state index in [9.17, 15) is 14.7 Å². The van der Waals surface area contributed by atoms with E-state index in [1.165, 1.54) is 0 Å². The third-order valence-electron chi connectivity index (χ3n) is 5.19. The van der Waals surface area contributed by atoms with Crippen molar-refractivity contribution in [1.82, 2.24) is 0 Å². The van der Waals surface area contributed by atoms with Gasteiger partial charge in [-0.3, -0.25) is 0 Å². The van der Waals surface area contributed by atoms with Crippen molar-refractivity contribution in [3.05, 3.63) is 77.4 Å². The van der Waals surface area contributed by atoms with Crippen molar-refractivity contribution in [2.24, 2.45) is 0 Å². The lowest BCUT2D eigenvalue weighted by molar-refractivity contribution is 0.0697. The molecule has 1 heterocycles. The number of amides is 2. The number of anilines is 2. The van der Waals surface area contributed by atoms with Crippen LogP contribution in [-0.4, -0.2) is 22.7 Å². The molecule has 0 spiro atoms. The van der Waals surface area contributed by atoms with Gasteiger partial charge >= 0.3 is 12.0 Å². The van der Waals surface area contributed by atoms with Crippen LogP contribution in [0.3, 0.4) is 0 Å². The number of carboxylic acids is 1. The topological polar surface area (TPSA) is 87.7 Å². The largest absolute Gasteiger partial charge is 0.485 e. The molecule has 0 bridgehead atoms. The number of hydrogen-bond donors (Lipinski definition) is 3. The molecule has 0 aliphatic carbocycles. The number of carboxylic acid groups (broad SMARTS) is 1. The van der Waals surface area contributed by atoms with Crippen LogP contribution in [0.5, 0.6) is 5.75 Å². The van der Waals surface area contributed by atoms with E-state index < -0.39 is 17.6 Å². The molecule has 4 rings (SSSR count). The first kappa shape index (κ1) is 20.5. The van der Waals surface area contributed by atoms with Crippen LogP contribution in [-0.2, 0) is 6.42 Å². The van der Waals surface area contributed by atoms with Crippen LogP contribution in [0.1, 0.15) is 35.3 Å². The van der Waals surface area contributed by atoms with Gasteiger partial charge in [-0.1, -0.05) is 35.9 Å². The number of benzene rings is 3. The molecule has 3 N–H and O–H groups in total. The zero-order chi connectivity index (χ0) is 22.2. The van der Waals surface area contributed by atoms with Crippen molar-refractivity contribution in [3.63, 3.8) is 0 Å². The molecule has 31 heavy (non-hydrogen) atoms. The number of rotatable bonds is 4. The number of aromatic carboxylic acids is 1. The minimum Gasteiger partial charge on any atom is -0.485 e. The predicted octanol–water partition coefficient (Wildman–Crippen LogP) is 5.72. The number of carbonyl (C=O) groups is 2. The molecule has 1 aliphatic heterocycles. The van der Waals surface area contributed by atoms with Crippen molar-refractivity contribution in [2.45, 2.75) is 32.8 Å². The summed E-state index contributed by atoms with van der Waals surface area (Å²) in [4.78, 5) is 24.4. The monoisotopic (exact) mass is 416 g/mol. The van der Waals surface area contributed by atoms with E-state index in [0.29, 0.717) is 34.7 Å². The van der Waals surface area contributed by atoms with Crippen molar-refractivity contribution >= 4 is 23.4 Å². The van der Waals surface area contributed by atoms with E-state index in [0.717, 1.165) is 11.1 Å². The van der Waals surface area contributed by atoms with E-state index in [-0.39, 0.29) is 5.56 Å². The highest BCUT2D eigenvalue weighted by Gasteiger charge is 2.33. The fourth-order valence-corrected chi connectivity index (χ4v) is 3.80. The first-order valence-electron chi connectivity index (χ1n) is 10.1. The van der Waals surface area contributed by atoms with E-state index in [1.54, 1.807) is 30.3 Å². The minimum atomic E-state index is -1.00. The molecule has 158 valence electrons. The van der Waals surface area contributed by atoms with Crippen molar-refractivity contribution in [2.75, 3.05) is 10.6 Å². The minimum absolute atomic E-state index is 0.204. The fourth-order valence-electron chi connectivity index (χ4n) is 3.80. The van der Waals surface area contributed by atoms with Crippen LogP contribution in [0.15, 0.2) is 60.7 Å². The van der Waals surface area contributed by atoms with Gasteiger partial charge in [0, 0.05) is 17.7 Å². The van der Waals surface area contributed by atoms with Crippen LogP contribution < -0.4 is 15.4 Å². The van der Waals surface area contributed by atoms with Crippen molar-refractivity contribution in [3.8, 4) is 16.9 Å². The molecule has 0 saturated heterocycles. The normalized spacial score (nSPS) is 13.8. The summed E-state index contributed by atoms with van der Waals surface area (Å²) in [6.07, 6.45) is 0.652. The number of carbonyl (C=O) groups excluding carboxylic acids is 1. The van der Waals surface area contributed by atoms with Gasteiger partial charge < -0.3 is 20.5 Å². The summed E-state index contributed by atoms with van der Waals surface area (Å²) in [5, 5.41) is 15.3. The first-order chi connectivity index (χ1) is 14.7. The second-order valence-electron chi connectivity index (χ2n) is 8.35. The third kappa shape index (κ3) is 4.38. The number of hydrogen-bond acceptors (Lipinski definition) is 3. The Morgan fingerprint density at radius 2 is 1.71 bits per heavy atom. The molecule has 6 nitrogen and oxygen atoms in total. The van der Waals surface area contributed by atoms with Gasteiger partial charge in [0.05, 0.1) is 11.3 Å². The molecule has 6 heteroatoms. The summed E-state index contributed by atoms with van der Waals surface area (Å²) in [7, 11) is 0. The second kappa shape index (κ2) is 7.80. The van der Waals surface area contributed by atoms with Crippen LogP contribution in [0.4, 0.5) is 16.2 Å². The van der Waals surface area contributed by atoms with Gasteiger partial charge in [0.1, 0.15) is 11.4 Å². The van der Waals surface area contributed by atoms with E-state index in [2.05, 4.69) is 10.6 Å². The van der Waals surface area contributed by atoms with Crippen molar-refractivity contribution in [1.29, 1.82) is 0 Å². The van der Waals surface area contributed by atoms with Crippen LogP contribution >= 0.6 is 0 Å². The zero-order valence-corrected chi connectivity index (χ0v) is 17.7. The lowest BCUT2D eigenvalue weighted by Crippen LogP contribution is -2.25. The van der Waals surface area contributed by atoms with Gasteiger partial charge in [-0.2, -0.15) is 0 Å². The fraction of sp³-hybridized carbons (Fsp3) is 0.200. The van der Waals surface area contributed by atoms with Gasteiger partial charge in [0.2, 0.25) is 0 Å². The summed E-state index contributed by atoms with van der Waals surface area (Å²) < 4.78 is 6.10. The molecule has 0 atom stereocenters. The maximum absolute atomic E-state index is 12.7. The summed E-state index contributed by atoms with van der Waals surface area (Å²) in [6, 6.07) is 17.6. The van der Waals surface area contributed by atoms with Gasteiger partial charge in [0.25, 0.3) is 0 Å². The average molecular weight is 416 g/mol. The van der Waals surface area contributed by atoms with Gasteiger partial charge in [-0.15, -0.1) is 0 Å². The Balaban J connectivity index is 1.71. The second-order valence-corrected chi connectivity index (χ2v) is 8.35. The maximum atomic E-state index is 12.7. The summed E-state index contributed by atoms with van der Waals surface area (Å²) in [6.45, 7) is 5.94. The molecule has 0 saturated carbocycles. The van der Waals surface area contributed by atoms with Gasteiger partial charge in [-0.25, -0.2) is 9.59 Å². The zero-order valence-electron chi connectivity index (χ0n) is 17.7. The quantitative estimate of drug-likeness (QED) is 0.508. The standard InChI is InChI=1S/C25H24N2O4/c1-15-8-10-18(11-9-15)26-24(30)27-21-13-16(12-17-14-25(2,3)31-22(17)21)19-6-4-5-7-20(19)23(28)29/h4-13H,14H2,1-3H3,(H,28,29)(H2,26,27,30). The van der Waals surface area contributed by atoms with E-state index in [1.807, 2.05) is 51.1 Å². The lowest BCUT2D eigenvalue weighted by Gasteiger charge is -2.19. The lowest BCUT2D eigenvalue weighted by atomic mass is 9.94. The summed E-state index contributed by atoms with van der Waals surface area (Å²) in [5.41, 5.74) is 4.29.